The predicted molar refractivity (Wildman–Crippen MR) is 187 cm³/mol. The number of unbranched alkanes of at least 4 members (excludes halogenated alkanes) is 28. The Morgan fingerprint density at radius 3 is 1.21 bits per heavy atom. The van der Waals surface area contributed by atoms with Crippen LogP contribution >= 0.6 is 0 Å². The molecule has 0 saturated carbocycles. The van der Waals surface area contributed by atoms with Crippen molar-refractivity contribution in [2.75, 3.05) is 13.2 Å². The van der Waals surface area contributed by atoms with Crippen LogP contribution in [0.2, 0.25) is 0 Å². The number of aliphatic hydroxyl groups excluding tert-OH is 1. The normalized spacial score (nSPS) is 12.9. The minimum atomic E-state index is -1.08. The molecular weight excluding hydrogens is 532 g/mol. The first kappa shape index (κ1) is 42.1. The number of carboxylic acids is 1. The van der Waals surface area contributed by atoms with E-state index >= 15 is 0 Å². The van der Waals surface area contributed by atoms with Gasteiger partial charge < -0.3 is 14.9 Å². The third kappa shape index (κ3) is 28.4. The lowest BCUT2D eigenvalue weighted by Gasteiger charge is -2.29. The number of hydrogen-bond acceptors (Lipinski definition) is 3. The van der Waals surface area contributed by atoms with Crippen LogP contribution in [0.15, 0.2) is 12.7 Å². The van der Waals surface area contributed by atoms with Crippen LogP contribution in [-0.4, -0.2) is 35.0 Å². The lowest BCUT2D eigenvalue weighted by atomic mass is 9.91. The van der Waals surface area contributed by atoms with Crippen molar-refractivity contribution < 1.29 is 19.7 Å². The van der Waals surface area contributed by atoms with Gasteiger partial charge in [0.25, 0.3) is 0 Å². The number of hydrogen-bond donors (Lipinski definition) is 2. The predicted octanol–water partition coefficient (Wildman–Crippen LogP) is 12.5. The van der Waals surface area contributed by atoms with E-state index < -0.39 is 11.6 Å². The molecule has 256 valence electrons. The summed E-state index contributed by atoms with van der Waals surface area (Å²) in [5.74, 6) is -0.819. The summed E-state index contributed by atoms with van der Waals surface area (Å²) < 4.78 is 6.09. The van der Waals surface area contributed by atoms with Crippen LogP contribution in [0.4, 0.5) is 0 Å². The molecule has 0 radical (unpaired) electrons. The smallest absolute Gasteiger partial charge is 0.336 e. The molecule has 0 heterocycles. The zero-order valence-electron chi connectivity index (χ0n) is 29.0. The molecule has 4 heteroatoms. The molecule has 0 spiro atoms. The van der Waals surface area contributed by atoms with E-state index in [-0.39, 0.29) is 0 Å². The van der Waals surface area contributed by atoms with Gasteiger partial charge >= 0.3 is 5.97 Å². The highest BCUT2D eigenvalue weighted by Gasteiger charge is 2.37. The van der Waals surface area contributed by atoms with Gasteiger partial charge in [-0.15, -0.1) is 6.58 Å². The van der Waals surface area contributed by atoms with E-state index in [1.165, 1.54) is 161 Å². The van der Waals surface area contributed by atoms with E-state index in [0.29, 0.717) is 26.1 Å². The van der Waals surface area contributed by atoms with Gasteiger partial charge in [-0.2, -0.15) is 0 Å². The molecule has 0 aliphatic rings. The topological polar surface area (TPSA) is 66.8 Å². The number of aliphatic hydroxyl groups is 1. The van der Waals surface area contributed by atoms with Gasteiger partial charge in [0.05, 0.1) is 0 Å². The summed E-state index contributed by atoms with van der Waals surface area (Å²) in [6.07, 6.45) is 41.2. The number of aliphatic carboxylic acids is 1. The minimum absolute atomic E-state index is 0.345. The van der Waals surface area contributed by atoms with Crippen LogP contribution in [-0.2, 0) is 9.53 Å². The van der Waals surface area contributed by atoms with Crippen molar-refractivity contribution in [1.82, 2.24) is 0 Å². The van der Waals surface area contributed by atoms with Crippen LogP contribution in [0.3, 0.4) is 0 Å². The lowest BCUT2D eigenvalue weighted by Crippen LogP contribution is -2.41. The molecule has 0 amide bonds. The largest absolute Gasteiger partial charge is 0.479 e. The highest BCUT2D eigenvalue weighted by Crippen LogP contribution is 2.26. The van der Waals surface area contributed by atoms with Crippen molar-refractivity contribution in [1.29, 1.82) is 0 Å². The van der Waals surface area contributed by atoms with Crippen LogP contribution in [0, 0.1) is 0 Å². The number of ether oxygens (including phenoxy) is 1. The molecule has 4 nitrogen and oxygen atoms in total. The molecule has 0 aliphatic carbocycles. The summed E-state index contributed by atoms with van der Waals surface area (Å²) in [5.41, 5.74) is -1.08. The zero-order valence-corrected chi connectivity index (χ0v) is 29.0. The maximum absolute atomic E-state index is 12.2. The van der Waals surface area contributed by atoms with Crippen molar-refractivity contribution >= 4 is 5.97 Å². The molecule has 1 atom stereocenters. The Balaban J connectivity index is 3.74. The molecule has 2 N–H and O–H groups in total. The number of carbonyl (C=O) groups is 1. The fourth-order valence-electron chi connectivity index (χ4n) is 6.28. The molecule has 0 aliphatic heterocycles. The maximum Gasteiger partial charge on any atom is 0.336 e. The standard InChI is InChI=1S/C39H76O4/c1-3-5-6-7-8-9-10-11-16-19-22-25-28-31-35-39(34-4-2,38(41)42)43-37-33-30-27-24-21-18-15-13-12-14-17-20-23-26-29-32-36-40/h4,40H,2-3,5-37H2,1H3,(H,41,42). The van der Waals surface area contributed by atoms with Crippen molar-refractivity contribution in [3.05, 3.63) is 12.7 Å². The molecule has 0 saturated heterocycles. The van der Waals surface area contributed by atoms with Gasteiger partial charge in [0.15, 0.2) is 5.60 Å². The quantitative estimate of drug-likeness (QED) is 0.0544. The van der Waals surface area contributed by atoms with Crippen molar-refractivity contribution in [3.8, 4) is 0 Å². The highest BCUT2D eigenvalue weighted by molar-refractivity contribution is 5.77. The van der Waals surface area contributed by atoms with E-state index in [1.807, 2.05) is 0 Å². The minimum Gasteiger partial charge on any atom is -0.479 e. The fraction of sp³-hybridized carbons (Fsp3) is 0.923. The van der Waals surface area contributed by atoms with Gasteiger partial charge in [0.1, 0.15) is 0 Å². The van der Waals surface area contributed by atoms with Gasteiger partial charge in [-0.3, -0.25) is 0 Å². The highest BCUT2D eigenvalue weighted by atomic mass is 16.5. The van der Waals surface area contributed by atoms with E-state index in [1.54, 1.807) is 6.08 Å². The summed E-state index contributed by atoms with van der Waals surface area (Å²) in [7, 11) is 0. The van der Waals surface area contributed by atoms with E-state index in [2.05, 4.69) is 13.5 Å². The second-order valence-corrected chi connectivity index (χ2v) is 13.4. The fourth-order valence-corrected chi connectivity index (χ4v) is 6.28. The van der Waals surface area contributed by atoms with Crippen molar-refractivity contribution in [3.63, 3.8) is 0 Å². The molecule has 0 fully saturated rings. The van der Waals surface area contributed by atoms with Crippen LogP contribution in [0.1, 0.15) is 212 Å². The maximum atomic E-state index is 12.2. The molecular formula is C39H76O4. The number of rotatable bonds is 37. The second-order valence-electron chi connectivity index (χ2n) is 13.4. The monoisotopic (exact) mass is 609 g/mol. The molecule has 0 aromatic rings. The summed E-state index contributed by atoms with van der Waals surface area (Å²) in [4.78, 5) is 12.2. The first-order chi connectivity index (χ1) is 21.1. The summed E-state index contributed by atoms with van der Waals surface area (Å²) in [6, 6.07) is 0. The van der Waals surface area contributed by atoms with Gasteiger partial charge in [-0.25, -0.2) is 4.79 Å². The van der Waals surface area contributed by atoms with Gasteiger partial charge in [0, 0.05) is 19.6 Å². The SMILES string of the molecule is C=CCC(CCCCCCCCCCCCCCCC)(OCCCCCCCCCCCCCCCCCCO)C(=O)O. The second kappa shape index (κ2) is 34.0. The molecule has 0 aromatic carbocycles. The Labute approximate surface area is 269 Å². The summed E-state index contributed by atoms with van der Waals surface area (Å²) in [5, 5.41) is 18.8. The Kier molecular flexibility index (Phi) is 33.3. The molecule has 0 rings (SSSR count). The summed E-state index contributed by atoms with van der Waals surface area (Å²) >= 11 is 0. The third-order valence-electron chi connectivity index (χ3n) is 9.23. The molecule has 0 aromatic heterocycles. The van der Waals surface area contributed by atoms with Crippen LogP contribution in [0.25, 0.3) is 0 Å². The third-order valence-corrected chi connectivity index (χ3v) is 9.23. The Hall–Kier alpha value is -0.870. The van der Waals surface area contributed by atoms with E-state index in [9.17, 15) is 9.90 Å². The lowest BCUT2D eigenvalue weighted by molar-refractivity contribution is -0.167. The van der Waals surface area contributed by atoms with Crippen molar-refractivity contribution in [2.24, 2.45) is 0 Å². The molecule has 1 unspecified atom stereocenters. The van der Waals surface area contributed by atoms with E-state index in [4.69, 9.17) is 9.84 Å². The Morgan fingerprint density at radius 2 is 0.884 bits per heavy atom. The van der Waals surface area contributed by atoms with Gasteiger partial charge in [-0.1, -0.05) is 186 Å². The first-order valence-electron chi connectivity index (χ1n) is 19.2. The Bertz CT molecular complexity index is 578. The average Bonchev–Trinajstić information content (AvgIpc) is 3.00. The Morgan fingerprint density at radius 1 is 0.558 bits per heavy atom. The number of carboxylic acid groups (broad SMARTS) is 1. The van der Waals surface area contributed by atoms with Crippen LogP contribution < -0.4 is 0 Å². The molecule has 0 bridgehead atoms. The first-order valence-corrected chi connectivity index (χ1v) is 19.2. The van der Waals surface area contributed by atoms with Gasteiger partial charge in [0.2, 0.25) is 0 Å². The van der Waals surface area contributed by atoms with Crippen molar-refractivity contribution in [2.45, 2.75) is 218 Å². The molecule has 43 heavy (non-hydrogen) atoms. The average molecular weight is 609 g/mol. The summed E-state index contributed by atoms with van der Waals surface area (Å²) in [6.45, 7) is 6.99. The van der Waals surface area contributed by atoms with Gasteiger partial charge in [-0.05, 0) is 25.7 Å². The van der Waals surface area contributed by atoms with E-state index in [0.717, 1.165) is 32.1 Å². The van der Waals surface area contributed by atoms with Crippen LogP contribution in [0.5, 0.6) is 0 Å². The zero-order chi connectivity index (χ0) is 31.5.